The molecule has 126 valence electrons. The third-order valence-corrected chi connectivity index (χ3v) is 3.88. The zero-order valence-electron chi connectivity index (χ0n) is 14.0. The molecule has 1 aliphatic heterocycles. The molecule has 0 amide bonds. The van der Waals surface area contributed by atoms with Gasteiger partial charge in [-0.25, -0.2) is 0 Å². The summed E-state index contributed by atoms with van der Waals surface area (Å²) in [6.45, 7) is 8.53. The molecule has 21 heavy (non-hydrogen) atoms. The van der Waals surface area contributed by atoms with Crippen molar-refractivity contribution < 1.29 is 4.74 Å². The second-order valence-corrected chi connectivity index (χ2v) is 5.73. The summed E-state index contributed by atoms with van der Waals surface area (Å²) in [7, 11) is 3.52. The lowest BCUT2D eigenvalue weighted by molar-refractivity contribution is 0.159. The van der Waals surface area contributed by atoms with Crippen LogP contribution in [0.3, 0.4) is 0 Å². The molecule has 5 nitrogen and oxygen atoms in total. The van der Waals surface area contributed by atoms with Crippen molar-refractivity contribution in [1.29, 1.82) is 0 Å². The predicted octanol–water partition coefficient (Wildman–Crippen LogP) is 2.07. The molecule has 1 rings (SSSR count). The van der Waals surface area contributed by atoms with E-state index in [-0.39, 0.29) is 30.0 Å². The molecule has 0 bridgehead atoms. The summed E-state index contributed by atoms with van der Waals surface area (Å²) in [4.78, 5) is 6.84. The van der Waals surface area contributed by atoms with Crippen molar-refractivity contribution in [2.45, 2.75) is 51.6 Å². The molecule has 0 radical (unpaired) electrons. The Hall–Kier alpha value is -0.0800. The Morgan fingerprint density at radius 1 is 1.43 bits per heavy atom. The first-order valence-electron chi connectivity index (χ1n) is 7.87. The minimum absolute atomic E-state index is 0. The standard InChI is InChI=1S/C15H32N4O.HI/c1-13(12-20-4)18-15(16-3)17-9-7-11-19-10-6-5-8-14(19)2;/h13-14H,5-12H2,1-4H3,(H2,16,17,18);1H. The van der Waals surface area contributed by atoms with Gasteiger partial charge in [-0.2, -0.15) is 0 Å². The zero-order chi connectivity index (χ0) is 14.8. The van der Waals surface area contributed by atoms with Crippen LogP contribution in [0.5, 0.6) is 0 Å². The van der Waals surface area contributed by atoms with Crippen molar-refractivity contribution in [3.05, 3.63) is 0 Å². The van der Waals surface area contributed by atoms with E-state index in [0.717, 1.165) is 25.0 Å². The van der Waals surface area contributed by atoms with Gasteiger partial charge in [-0.1, -0.05) is 6.42 Å². The summed E-state index contributed by atoms with van der Waals surface area (Å²) in [5, 5.41) is 6.68. The summed E-state index contributed by atoms with van der Waals surface area (Å²) >= 11 is 0. The number of methoxy groups -OCH3 is 1. The van der Waals surface area contributed by atoms with Gasteiger partial charge in [0.2, 0.25) is 0 Å². The summed E-state index contributed by atoms with van der Waals surface area (Å²) in [6, 6.07) is 1.02. The number of ether oxygens (including phenoxy) is 1. The molecule has 1 heterocycles. The number of halogens is 1. The Balaban J connectivity index is 0.00000400. The second kappa shape index (κ2) is 12.5. The Morgan fingerprint density at radius 3 is 2.81 bits per heavy atom. The van der Waals surface area contributed by atoms with Gasteiger partial charge in [0, 0.05) is 39.3 Å². The van der Waals surface area contributed by atoms with E-state index in [0.29, 0.717) is 6.61 Å². The lowest BCUT2D eigenvalue weighted by atomic mass is 10.0. The van der Waals surface area contributed by atoms with E-state index in [1.165, 1.54) is 32.4 Å². The fourth-order valence-electron chi connectivity index (χ4n) is 2.70. The van der Waals surface area contributed by atoms with Gasteiger partial charge in [0.1, 0.15) is 0 Å². The lowest BCUT2D eigenvalue weighted by Gasteiger charge is -2.33. The number of guanidine groups is 1. The van der Waals surface area contributed by atoms with Gasteiger partial charge in [-0.3, -0.25) is 4.99 Å². The minimum Gasteiger partial charge on any atom is -0.383 e. The van der Waals surface area contributed by atoms with Crippen molar-refractivity contribution >= 4 is 29.9 Å². The highest BCUT2D eigenvalue weighted by atomic mass is 127. The maximum Gasteiger partial charge on any atom is 0.191 e. The van der Waals surface area contributed by atoms with Gasteiger partial charge >= 0.3 is 0 Å². The maximum absolute atomic E-state index is 5.11. The maximum atomic E-state index is 5.11. The van der Waals surface area contributed by atoms with Crippen LogP contribution in [0.25, 0.3) is 0 Å². The van der Waals surface area contributed by atoms with E-state index in [9.17, 15) is 0 Å². The molecule has 0 aromatic carbocycles. The summed E-state index contributed by atoms with van der Waals surface area (Å²) in [6.07, 6.45) is 5.26. The van der Waals surface area contributed by atoms with Crippen LogP contribution in [-0.2, 0) is 4.74 Å². The van der Waals surface area contributed by atoms with Crippen LogP contribution in [-0.4, -0.2) is 63.3 Å². The third-order valence-electron chi connectivity index (χ3n) is 3.88. The van der Waals surface area contributed by atoms with E-state index in [2.05, 4.69) is 34.4 Å². The van der Waals surface area contributed by atoms with E-state index < -0.39 is 0 Å². The Morgan fingerprint density at radius 2 is 2.19 bits per heavy atom. The van der Waals surface area contributed by atoms with Crippen LogP contribution in [0.15, 0.2) is 4.99 Å². The van der Waals surface area contributed by atoms with Crippen LogP contribution >= 0.6 is 24.0 Å². The highest BCUT2D eigenvalue weighted by Gasteiger charge is 2.17. The molecule has 2 atom stereocenters. The van der Waals surface area contributed by atoms with Crippen LogP contribution in [0, 0.1) is 0 Å². The van der Waals surface area contributed by atoms with Crippen LogP contribution in [0.2, 0.25) is 0 Å². The number of hydrogen-bond donors (Lipinski definition) is 2. The molecular formula is C15H33IN4O. The van der Waals surface area contributed by atoms with Crippen molar-refractivity contribution in [3.8, 4) is 0 Å². The number of likely N-dealkylation sites (tertiary alicyclic amines) is 1. The zero-order valence-corrected chi connectivity index (χ0v) is 16.4. The lowest BCUT2D eigenvalue weighted by Crippen LogP contribution is -2.45. The Kier molecular flexibility index (Phi) is 12.4. The van der Waals surface area contributed by atoms with Crippen molar-refractivity contribution in [2.24, 2.45) is 4.99 Å². The first-order valence-corrected chi connectivity index (χ1v) is 7.87. The molecule has 2 unspecified atom stereocenters. The monoisotopic (exact) mass is 412 g/mol. The molecule has 0 spiro atoms. The first kappa shape index (κ1) is 20.9. The molecule has 1 fully saturated rings. The highest BCUT2D eigenvalue weighted by Crippen LogP contribution is 2.15. The van der Waals surface area contributed by atoms with Crippen LogP contribution < -0.4 is 10.6 Å². The third kappa shape index (κ3) is 8.83. The fraction of sp³-hybridized carbons (Fsp3) is 0.933. The average molecular weight is 412 g/mol. The Bertz CT molecular complexity index is 289. The topological polar surface area (TPSA) is 48.9 Å². The fourth-order valence-corrected chi connectivity index (χ4v) is 2.70. The number of rotatable bonds is 7. The van der Waals surface area contributed by atoms with Crippen LogP contribution in [0.1, 0.15) is 39.5 Å². The van der Waals surface area contributed by atoms with Gasteiger partial charge in [-0.15, -0.1) is 24.0 Å². The van der Waals surface area contributed by atoms with E-state index in [1.54, 1.807) is 7.11 Å². The Labute approximate surface area is 147 Å². The van der Waals surface area contributed by atoms with E-state index >= 15 is 0 Å². The molecule has 0 saturated carbocycles. The molecule has 2 N–H and O–H groups in total. The number of hydrogen-bond acceptors (Lipinski definition) is 3. The molecule has 1 saturated heterocycles. The summed E-state index contributed by atoms with van der Waals surface area (Å²) in [5.74, 6) is 0.862. The number of piperidine rings is 1. The smallest absolute Gasteiger partial charge is 0.191 e. The van der Waals surface area contributed by atoms with E-state index in [4.69, 9.17) is 4.74 Å². The van der Waals surface area contributed by atoms with Crippen molar-refractivity contribution in [1.82, 2.24) is 15.5 Å². The van der Waals surface area contributed by atoms with Crippen molar-refractivity contribution in [3.63, 3.8) is 0 Å². The highest BCUT2D eigenvalue weighted by molar-refractivity contribution is 14.0. The van der Waals surface area contributed by atoms with Gasteiger partial charge in [0.05, 0.1) is 6.61 Å². The first-order chi connectivity index (χ1) is 9.67. The minimum atomic E-state index is 0. The van der Waals surface area contributed by atoms with Gasteiger partial charge in [-0.05, 0) is 39.7 Å². The molecule has 0 aromatic rings. The van der Waals surface area contributed by atoms with Gasteiger partial charge in [0.15, 0.2) is 5.96 Å². The average Bonchev–Trinajstić information content (AvgIpc) is 2.44. The van der Waals surface area contributed by atoms with Gasteiger partial charge < -0.3 is 20.3 Å². The predicted molar refractivity (Wildman–Crippen MR) is 101 cm³/mol. The quantitative estimate of drug-likeness (QED) is 0.291. The van der Waals surface area contributed by atoms with E-state index in [1.807, 2.05) is 7.05 Å². The SMILES string of the molecule is CN=C(NCCCN1CCCCC1C)NC(C)COC.I. The van der Waals surface area contributed by atoms with Crippen LogP contribution in [0.4, 0.5) is 0 Å². The number of nitrogens with zero attached hydrogens (tertiary/aromatic N) is 2. The summed E-state index contributed by atoms with van der Waals surface area (Å²) < 4.78 is 5.11. The molecule has 0 aliphatic carbocycles. The van der Waals surface area contributed by atoms with Crippen molar-refractivity contribution in [2.75, 3.05) is 40.4 Å². The molecule has 6 heteroatoms. The second-order valence-electron chi connectivity index (χ2n) is 5.73. The largest absolute Gasteiger partial charge is 0.383 e. The summed E-state index contributed by atoms with van der Waals surface area (Å²) in [5.41, 5.74) is 0. The van der Waals surface area contributed by atoms with Gasteiger partial charge in [0.25, 0.3) is 0 Å². The molecule has 0 aromatic heterocycles. The molecular weight excluding hydrogens is 379 g/mol. The molecule has 1 aliphatic rings. The normalized spacial score (nSPS) is 21.5. The number of aliphatic imine (C=N–C) groups is 1. The number of nitrogens with one attached hydrogen (secondary N) is 2.